The van der Waals surface area contributed by atoms with Crippen molar-refractivity contribution in [1.29, 1.82) is 0 Å². The van der Waals surface area contributed by atoms with Crippen LogP contribution in [-0.4, -0.2) is 10.9 Å². The molecule has 0 bridgehead atoms. The SMILES string of the molecule is CC(NC(=O)/C=C/c1nc2ccccc2s1)c1ccc(Cl)cc1. The van der Waals surface area contributed by atoms with Crippen molar-refractivity contribution in [2.75, 3.05) is 0 Å². The fourth-order valence-electron chi connectivity index (χ4n) is 2.20. The average molecular weight is 343 g/mol. The maximum atomic E-state index is 12.0. The molecule has 0 aliphatic rings. The van der Waals surface area contributed by atoms with Gasteiger partial charge in [-0.05, 0) is 42.8 Å². The Morgan fingerprint density at radius 1 is 1.22 bits per heavy atom. The molecule has 2 aromatic carbocycles. The van der Waals surface area contributed by atoms with Crippen LogP contribution in [0.5, 0.6) is 0 Å². The van der Waals surface area contributed by atoms with Crippen LogP contribution in [0.3, 0.4) is 0 Å². The van der Waals surface area contributed by atoms with E-state index in [0.29, 0.717) is 5.02 Å². The molecule has 1 N–H and O–H groups in total. The predicted octanol–water partition coefficient (Wildman–Crippen LogP) is 4.84. The first kappa shape index (κ1) is 15.7. The molecule has 3 aromatic rings. The summed E-state index contributed by atoms with van der Waals surface area (Å²) in [6, 6.07) is 15.3. The smallest absolute Gasteiger partial charge is 0.244 e. The van der Waals surface area contributed by atoms with Crippen LogP contribution in [0.4, 0.5) is 0 Å². The van der Waals surface area contributed by atoms with Gasteiger partial charge in [-0.25, -0.2) is 4.98 Å². The lowest BCUT2D eigenvalue weighted by atomic mass is 10.1. The summed E-state index contributed by atoms with van der Waals surface area (Å²) in [7, 11) is 0. The van der Waals surface area contributed by atoms with Crippen LogP contribution in [0.1, 0.15) is 23.5 Å². The Bertz CT molecular complexity index is 822. The molecule has 1 heterocycles. The maximum absolute atomic E-state index is 12.0. The molecule has 0 saturated heterocycles. The van der Waals surface area contributed by atoms with Crippen molar-refractivity contribution >= 4 is 45.1 Å². The molecule has 3 nitrogen and oxygen atoms in total. The zero-order valence-electron chi connectivity index (χ0n) is 12.5. The molecular weight excluding hydrogens is 328 g/mol. The molecule has 0 aliphatic heterocycles. The summed E-state index contributed by atoms with van der Waals surface area (Å²) in [6.07, 6.45) is 3.26. The van der Waals surface area contributed by atoms with Crippen molar-refractivity contribution < 1.29 is 4.79 Å². The zero-order valence-corrected chi connectivity index (χ0v) is 14.1. The Morgan fingerprint density at radius 3 is 2.70 bits per heavy atom. The van der Waals surface area contributed by atoms with E-state index in [1.807, 2.05) is 55.5 Å². The molecule has 116 valence electrons. The van der Waals surface area contributed by atoms with Crippen molar-refractivity contribution in [3.8, 4) is 0 Å². The summed E-state index contributed by atoms with van der Waals surface area (Å²) in [4.78, 5) is 16.5. The Balaban J connectivity index is 1.65. The van der Waals surface area contributed by atoms with E-state index in [-0.39, 0.29) is 11.9 Å². The van der Waals surface area contributed by atoms with E-state index >= 15 is 0 Å². The van der Waals surface area contributed by atoms with Gasteiger partial charge in [-0.1, -0.05) is 35.9 Å². The fourth-order valence-corrected chi connectivity index (χ4v) is 3.20. The van der Waals surface area contributed by atoms with E-state index in [0.717, 1.165) is 20.8 Å². The van der Waals surface area contributed by atoms with Crippen molar-refractivity contribution in [2.24, 2.45) is 0 Å². The Hall–Kier alpha value is -2.17. The van der Waals surface area contributed by atoms with Crippen LogP contribution < -0.4 is 5.32 Å². The number of aromatic nitrogens is 1. The number of carbonyl (C=O) groups is 1. The molecule has 1 amide bonds. The van der Waals surface area contributed by atoms with Crippen LogP contribution in [0.15, 0.2) is 54.6 Å². The second-order valence-electron chi connectivity index (χ2n) is 5.13. The van der Waals surface area contributed by atoms with E-state index < -0.39 is 0 Å². The van der Waals surface area contributed by atoms with Crippen molar-refractivity contribution in [3.05, 3.63) is 70.2 Å². The number of benzene rings is 2. The lowest BCUT2D eigenvalue weighted by Crippen LogP contribution is -2.24. The second kappa shape index (κ2) is 6.94. The minimum Gasteiger partial charge on any atom is -0.346 e. The number of nitrogens with one attached hydrogen (secondary N) is 1. The number of thiazole rings is 1. The molecule has 1 unspecified atom stereocenters. The Morgan fingerprint density at radius 2 is 1.96 bits per heavy atom. The highest BCUT2D eigenvalue weighted by Gasteiger charge is 2.07. The van der Waals surface area contributed by atoms with E-state index in [9.17, 15) is 4.79 Å². The third-order valence-corrected chi connectivity index (χ3v) is 4.67. The van der Waals surface area contributed by atoms with Gasteiger partial charge in [0, 0.05) is 11.1 Å². The standard InChI is InChI=1S/C18H15ClN2OS/c1-12(13-6-8-14(19)9-7-13)20-17(22)10-11-18-21-15-4-2-3-5-16(15)23-18/h2-12H,1H3,(H,20,22)/b11-10+. The second-order valence-corrected chi connectivity index (χ2v) is 6.63. The van der Waals surface area contributed by atoms with E-state index in [2.05, 4.69) is 10.3 Å². The summed E-state index contributed by atoms with van der Waals surface area (Å²) in [5, 5.41) is 4.43. The number of fused-ring (bicyclic) bond motifs is 1. The molecule has 3 rings (SSSR count). The predicted molar refractivity (Wildman–Crippen MR) is 96.7 cm³/mol. The molecule has 1 atom stereocenters. The maximum Gasteiger partial charge on any atom is 0.244 e. The van der Waals surface area contributed by atoms with Crippen LogP contribution >= 0.6 is 22.9 Å². The number of halogens is 1. The number of hydrogen-bond donors (Lipinski definition) is 1. The normalized spacial score (nSPS) is 12.6. The van der Waals surface area contributed by atoms with Gasteiger partial charge in [0.15, 0.2) is 0 Å². The Labute approximate surface area is 143 Å². The Kier molecular flexibility index (Phi) is 4.74. The van der Waals surface area contributed by atoms with Crippen LogP contribution in [-0.2, 0) is 4.79 Å². The van der Waals surface area contributed by atoms with Gasteiger partial charge in [0.05, 0.1) is 16.3 Å². The van der Waals surface area contributed by atoms with E-state index in [1.165, 1.54) is 6.08 Å². The first-order chi connectivity index (χ1) is 11.1. The van der Waals surface area contributed by atoms with Gasteiger partial charge < -0.3 is 5.32 Å². The number of hydrogen-bond acceptors (Lipinski definition) is 3. The highest BCUT2D eigenvalue weighted by Crippen LogP contribution is 2.22. The van der Waals surface area contributed by atoms with Gasteiger partial charge >= 0.3 is 0 Å². The molecular formula is C18H15ClN2OS. The first-order valence-corrected chi connectivity index (χ1v) is 8.41. The van der Waals surface area contributed by atoms with Crippen LogP contribution in [0, 0.1) is 0 Å². The molecule has 23 heavy (non-hydrogen) atoms. The number of nitrogens with zero attached hydrogens (tertiary/aromatic N) is 1. The molecule has 0 radical (unpaired) electrons. The zero-order chi connectivity index (χ0) is 16.2. The van der Waals surface area contributed by atoms with Gasteiger partial charge in [-0.15, -0.1) is 11.3 Å². The summed E-state index contributed by atoms with van der Waals surface area (Å²) in [5.41, 5.74) is 1.96. The summed E-state index contributed by atoms with van der Waals surface area (Å²) in [5.74, 6) is -0.147. The minimum atomic E-state index is -0.147. The van der Waals surface area contributed by atoms with Crippen molar-refractivity contribution in [2.45, 2.75) is 13.0 Å². The van der Waals surface area contributed by atoms with Gasteiger partial charge in [0.25, 0.3) is 0 Å². The highest BCUT2D eigenvalue weighted by molar-refractivity contribution is 7.19. The molecule has 5 heteroatoms. The highest BCUT2D eigenvalue weighted by atomic mass is 35.5. The fraction of sp³-hybridized carbons (Fsp3) is 0.111. The van der Waals surface area contributed by atoms with Gasteiger partial charge in [-0.3, -0.25) is 4.79 Å². The number of para-hydroxylation sites is 1. The first-order valence-electron chi connectivity index (χ1n) is 7.21. The lowest BCUT2D eigenvalue weighted by Gasteiger charge is -2.12. The third kappa shape index (κ3) is 3.97. The van der Waals surface area contributed by atoms with E-state index in [1.54, 1.807) is 17.4 Å². The minimum absolute atomic E-state index is 0.0835. The van der Waals surface area contributed by atoms with Gasteiger partial charge in [0.1, 0.15) is 5.01 Å². The molecule has 0 spiro atoms. The summed E-state index contributed by atoms with van der Waals surface area (Å²) < 4.78 is 1.11. The topological polar surface area (TPSA) is 42.0 Å². The quantitative estimate of drug-likeness (QED) is 0.689. The van der Waals surface area contributed by atoms with Crippen LogP contribution in [0.25, 0.3) is 16.3 Å². The number of carbonyl (C=O) groups excluding carboxylic acids is 1. The summed E-state index contributed by atoms with van der Waals surface area (Å²) in [6.45, 7) is 1.94. The average Bonchev–Trinajstić information content (AvgIpc) is 2.96. The van der Waals surface area contributed by atoms with E-state index in [4.69, 9.17) is 11.6 Å². The molecule has 0 aliphatic carbocycles. The number of amides is 1. The third-order valence-electron chi connectivity index (χ3n) is 3.42. The molecule has 0 fully saturated rings. The number of rotatable bonds is 4. The summed E-state index contributed by atoms with van der Waals surface area (Å²) >= 11 is 7.43. The van der Waals surface area contributed by atoms with Crippen molar-refractivity contribution in [3.63, 3.8) is 0 Å². The van der Waals surface area contributed by atoms with Crippen molar-refractivity contribution in [1.82, 2.24) is 10.3 Å². The van der Waals surface area contributed by atoms with Crippen LogP contribution in [0.2, 0.25) is 5.02 Å². The molecule has 1 aromatic heterocycles. The van der Waals surface area contributed by atoms with Gasteiger partial charge in [-0.2, -0.15) is 0 Å². The molecule has 0 saturated carbocycles. The lowest BCUT2D eigenvalue weighted by molar-refractivity contribution is -0.117. The largest absolute Gasteiger partial charge is 0.346 e. The van der Waals surface area contributed by atoms with Gasteiger partial charge in [0.2, 0.25) is 5.91 Å². The monoisotopic (exact) mass is 342 g/mol.